The van der Waals surface area contributed by atoms with Crippen LogP contribution in [0.4, 0.5) is 11.4 Å². The van der Waals surface area contributed by atoms with E-state index in [2.05, 4.69) is 9.62 Å². The van der Waals surface area contributed by atoms with Gasteiger partial charge >= 0.3 is 0 Å². The second kappa shape index (κ2) is 8.54. The number of carbonyl (C=O) groups is 1. The van der Waals surface area contributed by atoms with Crippen LogP contribution in [0.3, 0.4) is 0 Å². The van der Waals surface area contributed by atoms with Crippen molar-refractivity contribution in [2.24, 2.45) is 0 Å². The van der Waals surface area contributed by atoms with Crippen LogP contribution >= 0.6 is 0 Å². The Balaban J connectivity index is 1.51. The molecular weight excluding hydrogens is 362 g/mol. The van der Waals surface area contributed by atoms with Crippen molar-refractivity contribution in [2.45, 2.75) is 24.2 Å². The number of nitrogens with one attached hydrogen (secondary N) is 1. The van der Waals surface area contributed by atoms with E-state index in [1.807, 2.05) is 37.4 Å². The zero-order valence-corrected chi connectivity index (χ0v) is 16.3. The van der Waals surface area contributed by atoms with Crippen molar-refractivity contribution in [3.63, 3.8) is 0 Å². The van der Waals surface area contributed by atoms with Crippen LogP contribution in [0.25, 0.3) is 0 Å². The fraction of sp³-hybridized carbons (Fsp3) is 0.350. The van der Waals surface area contributed by atoms with E-state index in [1.165, 1.54) is 0 Å². The molecule has 3 rings (SSSR count). The van der Waals surface area contributed by atoms with Gasteiger partial charge in [-0.05, 0) is 49.2 Å². The minimum atomic E-state index is -3.55. The number of para-hydroxylation sites is 1. The third-order valence-electron chi connectivity index (χ3n) is 4.69. The lowest BCUT2D eigenvalue weighted by molar-refractivity contribution is -0.117. The summed E-state index contributed by atoms with van der Waals surface area (Å²) in [5, 5.41) is 0. The minimum absolute atomic E-state index is 0.0891. The Morgan fingerprint density at radius 2 is 1.78 bits per heavy atom. The summed E-state index contributed by atoms with van der Waals surface area (Å²) in [5.41, 5.74) is 1.85. The van der Waals surface area contributed by atoms with Crippen LogP contribution in [0.1, 0.15) is 19.3 Å². The summed E-state index contributed by atoms with van der Waals surface area (Å²) < 4.78 is 27.5. The van der Waals surface area contributed by atoms with Crippen molar-refractivity contribution < 1.29 is 13.2 Å². The van der Waals surface area contributed by atoms with Gasteiger partial charge in [-0.2, -0.15) is 0 Å². The third kappa shape index (κ3) is 4.87. The first-order valence-electron chi connectivity index (χ1n) is 9.14. The molecule has 144 valence electrons. The summed E-state index contributed by atoms with van der Waals surface area (Å²) in [6.07, 6.45) is 2.10. The lowest BCUT2D eigenvalue weighted by Gasteiger charge is -2.19. The van der Waals surface area contributed by atoms with E-state index in [0.29, 0.717) is 25.9 Å². The molecule has 6 nitrogen and oxygen atoms in total. The maximum atomic E-state index is 12.4. The highest BCUT2D eigenvalue weighted by atomic mass is 32.2. The van der Waals surface area contributed by atoms with Gasteiger partial charge in [-0.3, -0.25) is 4.79 Å². The highest BCUT2D eigenvalue weighted by Crippen LogP contribution is 2.22. The second-order valence-electron chi connectivity index (χ2n) is 6.65. The Hall–Kier alpha value is -2.38. The molecule has 0 atom stereocenters. The van der Waals surface area contributed by atoms with Gasteiger partial charge in [0.15, 0.2) is 0 Å². The summed E-state index contributed by atoms with van der Waals surface area (Å²) in [5.74, 6) is 0.0891. The molecule has 0 spiro atoms. The SMILES string of the molecule is CN(CCCNS(=O)(=O)c1ccc(N2CCCC2=O)cc1)c1ccccc1. The largest absolute Gasteiger partial charge is 0.375 e. The summed E-state index contributed by atoms with van der Waals surface area (Å²) in [7, 11) is -1.56. The van der Waals surface area contributed by atoms with E-state index in [9.17, 15) is 13.2 Å². The Morgan fingerprint density at radius 3 is 2.41 bits per heavy atom. The quantitative estimate of drug-likeness (QED) is 0.707. The predicted molar refractivity (Wildman–Crippen MR) is 108 cm³/mol. The lowest BCUT2D eigenvalue weighted by Crippen LogP contribution is -2.28. The molecule has 1 aliphatic rings. The average Bonchev–Trinajstić information content (AvgIpc) is 3.12. The van der Waals surface area contributed by atoms with Gasteiger partial charge in [0.2, 0.25) is 15.9 Å². The topological polar surface area (TPSA) is 69.7 Å². The molecule has 0 radical (unpaired) electrons. The normalized spacial score (nSPS) is 14.6. The number of hydrogen-bond acceptors (Lipinski definition) is 4. The summed E-state index contributed by atoms with van der Waals surface area (Å²) >= 11 is 0. The number of benzene rings is 2. The molecule has 27 heavy (non-hydrogen) atoms. The fourth-order valence-corrected chi connectivity index (χ4v) is 4.22. The zero-order valence-electron chi connectivity index (χ0n) is 15.5. The second-order valence-corrected chi connectivity index (χ2v) is 8.42. The molecule has 1 amide bonds. The standard InChI is InChI=1S/C20H25N3O3S/c1-22(17-7-3-2-4-8-17)15-6-14-21-27(25,26)19-12-10-18(11-13-19)23-16-5-9-20(23)24/h2-4,7-8,10-13,21H,5-6,9,14-16H2,1H3. The number of amides is 1. The Bertz CT molecular complexity index is 867. The highest BCUT2D eigenvalue weighted by Gasteiger charge is 2.22. The molecule has 0 aromatic heterocycles. The van der Waals surface area contributed by atoms with Gasteiger partial charge in [0.05, 0.1) is 4.90 Å². The molecule has 0 bridgehead atoms. The molecule has 2 aromatic rings. The number of anilines is 2. The van der Waals surface area contributed by atoms with E-state index in [0.717, 1.165) is 24.3 Å². The third-order valence-corrected chi connectivity index (χ3v) is 6.17. The van der Waals surface area contributed by atoms with E-state index in [-0.39, 0.29) is 10.8 Å². The van der Waals surface area contributed by atoms with E-state index in [1.54, 1.807) is 29.2 Å². The van der Waals surface area contributed by atoms with Gasteiger partial charge in [0.1, 0.15) is 0 Å². The van der Waals surface area contributed by atoms with E-state index < -0.39 is 10.0 Å². The lowest BCUT2D eigenvalue weighted by atomic mass is 10.3. The van der Waals surface area contributed by atoms with Crippen LogP contribution < -0.4 is 14.5 Å². The van der Waals surface area contributed by atoms with E-state index in [4.69, 9.17) is 0 Å². The number of hydrogen-bond donors (Lipinski definition) is 1. The van der Waals surface area contributed by atoms with Gasteiger partial charge in [-0.1, -0.05) is 18.2 Å². The van der Waals surface area contributed by atoms with Crippen LogP contribution in [-0.2, 0) is 14.8 Å². The first kappa shape index (κ1) is 19.4. The summed E-state index contributed by atoms with van der Waals surface area (Å²) in [6.45, 7) is 1.81. The number of rotatable bonds is 8. The van der Waals surface area contributed by atoms with Crippen molar-refractivity contribution in [2.75, 3.05) is 36.5 Å². The molecule has 0 saturated carbocycles. The first-order chi connectivity index (χ1) is 13.0. The zero-order chi connectivity index (χ0) is 19.3. The minimum Gasteiger partial charge on any atom is -0.375 e. The molecule has 2 aromatic carbocycles. The maximum absolute atomic E-state index is 12.4. The molecule has 0 aliphatic carbocycles. The number of sulfonamides is 1. The highest BCUT2D eigenvalue weighted by molar-refractivity contribution is 7.89. The van der Waals surface area contributed by atoms with Crippen LogP contribution in [0, 0.1) is 0 Å². The molecule has 1 fully saturated rings. The van der Waals surface area contributed by atoms with Gasteiger partial charge in [-0.25, -0.2) is 13.1 Å². The predicted octanol–water partition coefficient (Wildman–Crippen LogP) is 2.62. The van der Waals surface area contributed by atoms with Crippen molar-refractivity contribution in [1.82, 2.24) is 4.72 Å². The van der Waals surface area contributed by atoms with Gasteiger partial charge in [0, 0.05) is 44.5 Å². The van der Waals surface area contributed by atoms with Crippen LogP contribution in [0.2, 0.25) is 0 Å². The Morgan fingerprint density at radius 1 is 1.07 bits per heavy atom. The Kier molecular flexibility index (Phi) is 6.13. The van der Waals surface area contributed by atoms with Gasteiger partial charge in [0.25, 0.3) is 0 Å². The van der Waals surface area contributed by atoms with Gasteiger partial charge in [-0.15, -0.1) is 0 Å². The van der Waals surface area contributed by atoms with Crippen molar-refractivity contribution in [1.29, 1.82) is 0 Å². The molecule has 1 heterocycles. The van der Waals surface area contributed by atoms with Crippen LogP contribution in [0.15, 0.2) is 59.5 Å². The molecule has 7 heteroatoms. The average molecular weight is 388 g/mol. The number of carbonyl (C=O) groups excluding carboxylic acids is 1. The Labute approximate surface area is 160 Å². The smallest absolute Gasteiger partial charge is 0.240 e. The molecule has 0 unspecified atom stereocenters. The van der Waals surface area contributed by atoms with Gasteiger partial charge < -0.3 is 9.80 Å². The maximum Gasteiger partial charge on any atom is 0.240 e. The van der Waals surface area contributed by atoms with Crippen molar-refractivity contribution >= 4 is 27.3 Å². The van der Waals surface area contributed by atoms with Crippen LogP contribution in [0.5, 0.6) is 0 Å². The molecule has 1 saturated heterocycles. The van der Waals surface area contributed by atoms with Crippen molar-refractivity contribution in [3.8, 4) is 0 Å². The summed E-state index contributed by atoms with van der Waals surface area (Å²) in [6, 6.07) is 16.5. The molecule has 1 N–H and O–H groups in total. The molecular formula is C20H25N3O3S. The monoisotopic (exact) mass is 387 g/mol. The number of nitrogens with zero attached hydrogens (tertiary/aromatic N) is 2. The van der Waals surface area contributed by atoms with Crippen molar-refractivity contribution in [3.05, 3.63) is 54.6 Å². The van der Waals surface area contributed by atoms with Crippen LogP contribution in [-0.4, -0.2) is 41.0 Å². The summed E-state index contributed by atoms with van der Waals surface area (Å²) in [4.78, 5) is 15.8. The van der Waals surface area contributed by atoms with E-state index >= 15 is 0 Å². The first-order valence-corrected chi connectivity index (χ1v) is 10.6. The fourth-order valence-electron chi connectivity index (χ4n) is 3.14. The molecule has 1 aliphatic heterocycles.